The van der Waals surface area contributed by atoms with Gasteiger partial charge in [0.05, 0.1) is 12.0 Å². The quantitative estimate of drug-likeness (QED) is 0.694. The summed E-state index contributed by atoms with van der Waals surface area (Å²) in [4.78, 5) is 12.2. The molecular weight excluding hydrogens is 254 g/mol. The second kappa shape index (κ2) is 7.75. The number of nitrogens with one attached hydrogen (secondary N) is 1. The van der Waals surface area contributed by atoms with Crippen molar-refractivity contribution in [3.05, 3.63) is 0 Å². The maximum Gasteiger partial charge on any atom is 0.261 e. The van der Waals surface area contributed by atoms with Gasteiger partial charge in [0.2, 0.25) is 5.91 Å². The molecule has 112 valence electrons. The van der Waals surface area contributed by atoms with Gasteiger partial charge in [0.25, 0.3) is 6.43 Å². The number of nitrogens with two attached hydrogens (primary N) is 1. The van der Waals surface area contributed by atoms with Crippen LogP contribution in [-0.4, -0.2) is 38.6 Å². The summed E-state index contributed by atoms with van der Waals surface area (Å²) >= 11 is 0. The van der Waals surface area contributed by atoms with Gasteiger partial charge in [-0.3, -0.25) is 4.79 Å². The lowest BCUT2D eigenvalue weighted by Crippen LogP contribution is -2.48. The average molecular weight is 278 g/mol. The number of halogens is 2. The van der Waals surface area contributed by atoms with Gasteiger partial charge in [0, 0.05) is 13.1 Å². The highest BCUT2D eigenvalue weighted by Gasteiger charge is 2.39. The van der Waals surface area contributed by atoms with Crippen molar-refractivity contribution in [2.45, 2.75) is 39.0 Å². The van der Waals surface area contributed by atoms with E-state index in [9.17, 15) is 13.6 Å². The number of rotatable bonds is 7. The summed E-state index contributed by atoms with van der Waals surface area (Å²) in [5.74, 6) is 0.574. The van der Waals surface area contributed by atoms with Gasteiger partial charge in [-0.25, -0.2) is 8.78 Å². The van der Waals surface area contributed by atoms with Crippen LogP contribution in [0.25, 0.3) is 0 Å². The van der Waals surface area contributed by atoms with Crippen molar-refractivity contribution >= 4 is 5.91 Å². The van der Waals surface area contributed by atoms with Crippen LogP contribution in [0.5, 0.6) is 0 Å². The monoisotopic (exact) mass is 278 g/mol. The number of ether oxygens (including phenoxy) is 1. The Balaban J connectivity index is 2.30. The summed E-state index contributed by atoms with van der Waals surface area (Å²) in [7, 11) is 0. The van der Waals surface area contributed by atoms with Crippen LogP contribution in [-0.2, 0) is 9.53 Å². The molecule has 1 saturated carbocycles. The number of hydrogen-bond acceptors (Lipinski definition) is 3. The predicted molar refractivity (Wildman–Crippen MR) is 69.0 cm³/mol. The van der Waals surface area contributed by atoms with Crippen LogP contribution < -0.4 is 11.1 Å². The molecule has 0 radical (unpaired) electrons. The van der Waals surface area contributed by atoms with E-state index in [4.69, 9.17) is 10.5 Å². The molecule has 0 aliphatic heterocycles. The molecule has 0 spiro atoms. The van der Waals surface area contributed by atoms with Gasteiger partial charge < -0.3 is 15.8 Å². The summed E-state index contributed by atoms with van der Waals surface area (Å²) in [5.41, 5.74) is 5.29. The minimum absolute atomic E-state index is 0.0671. The Kier molecular flexibility index (Phi) is 6.65. The molecular formula is C13H24F2N2O2. The third-order valence-electron chi connectivity index (χ3n) is 3.88. The van der Waals surface area contributed by atoms with Crippen molar-refractivity contribution in [3.8, 4) is 0 Å². The highest BCUT2D eigenvalue weighted by molar-refractivity contribution is 5.83. The van der Waals surface area contributed by atoms with Crippen molar-refractivity contribution in [1.82, 2.24) is 5.32 Å². The van der Waals surface area contributed by atoms with E-state index < -0.39 is 18.4 Å². The molecule has 1 rings (SSSR count). The van der Waals surface area contributed by atoms with Gasteiger partial charge in [-0.05, 0) is 31.6 Å². The van der Waals surface area contributed by atoms with E-state index in [0.29, 0.717) is 12.5 Å². The zero-order chi connectivity index (χ0) is 14.3. The number of carbonyl (C=O) groups excluding carboxylic acids is 1. The maximum atomic E-state index is 12.2. The van der Waals surface area contributed by atoms with Crippen LogP contribution >= 0.6 is 0 Å². The molecule has 0 saturated heterocycles. The van der Waals surface area contributed by atoms with Gasteiger partial charge in [-0.2, -0.15) is 0 Å². The van der Waals surface area contributed by atoms with E-state index in [1.165, 1.54) is 0 Å². The van der Waals surface area contributed by atoms with Gasteiger partial charge in [0.15, 0.2) is 0 Å². The first-order valence-electron chi connectivity index (χ1n) is 6.84. The van der Waals surface area contributed by atoms with Crippen LogP contribution in [0.15, 0.2) is 0 Å². The lowest BCUT2D eigenvalue weighted by molar-refractivity contribution is -0.133. The van der Waals surface area contributed by atoms with Gasteiger partial charge >= 0.3 is 0 Å². The largest absolute Gasteiger partial charge is 0.374 e. The van der Waals surface area contributed by atoms with Gasteiger partial charge in [-0.15, -0.1) is 0 Å². The Morgan fingerprint density at radius 1 is 1.47 bits per heavy atom. The minimum atomic E-state index is -2.47. The normalized spacial score (nSPS) is 27.5. The standard InChI is InChI=1S/C13H24F2N2O2/c1-10-2-4-13(9-16,5-3-10)12(18)17-6-7-19-8-11(14)15/h10-11H,2-9,16H2,1H3,(H,17,18). The molecule has 6 heteroatoms. The lowest BCUT2D eigenvalue weighted by atomic mass is 9.70. The van der Waals surface area contributed by atoms with E-state index >= 15 is 0 Å². The minimum Gasteiger partial charge on any atom is -0.374 e. The van der Waals surface area contributed by atoms with Crippen LogP contribution in [0.3, 0.4) is 0 Å². The molecule has 0 aromatic rings. The van der Waals surface area contributed by atoms with Crippen molar-refractivity contribution < 1.29 is 18.3 Å². The van der Waals surface area contributed by atoms with E-state index in [-0.39, 0.29) is 19.1 Å². The topological polar surface area (TPSA) is 64.4 Å². The molecule has 0 aromatic carbocycles. The molecule has 1 amide bonds. The van der Waals surface area contributed by atoms with Crippen molar-refractivity contribution in [3.63, 3.8) is 0 Å². The molecule has 19 heavy (non-hydrogen) atoms. The second-order valence-electron chi connectivity index (χ2n) is 5.39. The zero-order valence-electron chi connectivity index (χ0n) is 11.5. The lowest BCUT2D eigenvalue weighted by Gasteiger charge is -2.37. The first kappa shape index (κ1) is 16.3. The molecule has 3 N–H and O–H groups in total. The molecule has 0 atom stereocenters. The smallest absolute Gasteiger partial charge is 0.261 e. The van der Waals surface area contributed by atoms with Crippen molar-refractivity contribution in [1.29, 1.82) is 0 Å². The van der Waals surface area contributed by atoms with Gasteiger partial charge in [-0.1, -0.05) is 6.92 Å². The van der Waals surface area contributed by atoms with Gasteiger partial charge in [0.1, 0.15) is 6.61 Å². The summed E-state index contributed by atoms with van der Waals surface area (Å²) in [6.45, 7) is 2.28. The highest BCUT2D eigenvalue weighted by atomic mass is 19.3. The third kappa shape index (κ3) is 5.03. The highest BCUT2D eigenvalue weighted by Crippen LogP contribution is 2.38. The average Bonchev–Trinajstić information content (AvgIpc) is 2.39. The van der Waals surface area contributed by atoms with E-state index in [1.54, 1.807) is 0 Å². The van der Waals surface area contributed by atoms with E-state index in [0.717, 1.165) is 25.7 Å². The van der Waals surface area contributed by atoms with Crippen molar-refractivity contribution in [2.24, 2.45) is 17.1 Å². The zero-order valence-corrected chi connectivity index (χ0v) is 11.5. The van der Waals surface area contributed by atoms with Crippen LogP contribution in [0.4, 0.5) is 8.78 Å². The SMILES string of the molecule is CC1CCC(CN)(C(=O)NCCOCC(F)F)CC1. The molecule has 0 heterocycles. The molecule has 1 fully saturated rings. The summed E-state index contributed by atoms with van der Waals surface area (Å²) in [5, 5.41) is 2.74. The maximum absolute atomic E-state index is 12.2. The first-order valence-corrected chi connectivity index (χ1v) is 6.84. The molecule has 1 aliphatic rings. The predicted octanol–water partition coefficient (Wildman–Crippen LogP) is 1.54. The molecule has 0 bridgehead atoms. The first-order chi connectivity index (χ1) is 9.00. The van der Waals surface area contributed by atoms with Crippen LogP contribution in [0.1, 0.15) is 32.6 Å². The second-order valence-corrected chi connectivity index (χ2v) is 5.39. The third-order valence-corrected chi connectivity index (χ3v) is 3.88. The van der Waals surface area contributed by atoms with Crippen LogP contribution in [0, 0.1) is 11.3 Å². The Morgan fingerprint density at radius 3 is 2.63 bits per heavy atom. The molecule has 0 aromatic heterocycles. The summed E-state index contributed by atoms with van der Waals surface area (Å²) < 4.78 is 28.4. The number of amides is 1. The fourth-order valence-corrected chi connectivity index (χ4v) is 2.44. The fourth-order valence-electron chi connectivity index (χ4n) is 2.44. The van der Waals surface area contributed by atoms with Crippen LogP contribution in [0.2, 0.25) is 0 Å². The number of alkyl halides is 2. The molecule has 0 unspecified atom stereocenters. The molecule has 4 nitrogen and oxygen atoms in total. The number of carbonyl (C=O) groups is 1. The fraction of sp³-hybridized carbons (Fsp3) is 0.923. The Labute approximate surface area is 113 Å². The summed E-state index contributed by atoms with van der Waals surface area (Å²) in [6.07, 6.45) is 1.15. The summed E-state index contributed by atoms with van der Waals surface area (Å²) in [6, 6.07) is 0. The van der Waals surface area contributed by atoms with E-state index in [1.807, 2.05) is 0 Å². The molecule has 1 aliphatic carbocycles. The number of hydrogen-bond donors (Lipinski definition) is 2. The Bertz CT molecular complexity index is 280. The Morgan fingerprint density at radius 2 is 2.11 bits per heavy atom. The Hall–Kier alpha value is -0.750. The van der Waals surface area contributed by atoms with E-state index in [2.05, 4.69) is 12.2 Å². The van der Waals surface area contributed by atoms with Crippen molar-refractivity contribution in [2.75, 3.05) is 26.3 Å².